The van der Waals surface area contributed by atoms with Crippen LogP contribution in [0, 0.1) is 24.0 Å². The maximum absolute atomic E-state index is 11.1. The van der Waals surface area contributed by atoms with Gasteiger partial charge in [0.1, 0.15) is 6.10 Å². The molecule has 0 saturated carbocycles. The monoisotopic (exact) mass is 307 g/mol. The van der Waals surface area contributed by atoms with Gasteiger partial charge in [0.25, 0.3) is 5.69 Å². The van der Waals surface area contributed by atoms with Gasteiger partial charge in [-0.25, -0.2) is 0 Å². The van der Waals surface area contributed by atoms with Gasteiger partial charge in [-0.3, -0.25) is 10.1 Å². The highest BCUT2D eigenvalue weighted by atomic mass is 16.6. The Morgan fingerprint density at radius 3 is 2.43 bits per heavy atom. The molecule has 3 rings (SSSR count). The topological polar surface area (TPSA) is 63.4 Å². The molecule has 4 heteroatoms. The highest BCUT2D eigenvalue weighted by molar-refractivity contribution is 5.87. The first-order valence-corrected chi connectivity index (χ1v) is 7.40. The molecule has 0 aliphatic carbocycles. The van der Waals surface area contributed by atoms with Crippen molar-refractivity contribution in [2.24, 2.45) is 0 Å². The molecule has 0 heterocycles. The SMILES string of the molecule is Cc1ccc(C(O)c2c(C)ccc3ccccc23)cc1[N+](=O)[O-]. The van der Waals surface area contributed by atoms with Crippen molar-refractivity contribution < 1.29 is 10.0 Å². The summed E-state index contributed by atoms with van der Waals surface area (Å²) >= 11 is 0. The third-order valence-corrected chi connectivity index (χ3v) is 4.21. The number of hydrogen-bond donors (Lipinski definition) is 1. The van der Waals surface area contributed by atoms with E-state index >= 15 is 0 Å². The molecule has 3 aromatic rings. The second-order valence-electron chi connectivity index (χ2n) is 5.72. The highest BCUT2D eigenvalue weighted by Gasteiger charge is 2.19. The fourth-order valence-corrected chi connectivity index (χ4v) is 2.93. The minimum Gasteiger partial charge on any atom is -0.384 e. The van der Waals surface area contributed by atoms with Crippen molar-refractivity contribution in [3.05, 3.63) is 87.0 Å². The maximum atomic E-state index is 11.1. The van der Waals surface area contributed by atoms with E-state index < -0.39 is 11.0 Å². The molecule has 23 heavy (non-hydrogen) atoms. The molecule has 0 aliphatic heterocycles. The van der Waals surface area contributed by atoms with E-state index in [-0.39, 0.29) is 5.69 Å². The lowest BCUT2D eigenvalue weighted by Gasteiger charge is -2.17. The lowest BCUT2D eigenvalue weighted by atomic mass is 9.91. The molecule has 0 aromatic heterocycles. The molecule has 0 amide bonds. The maximum Gasteiger partial charge on any atom is 0.272 e. The summed E-state index contributed by atoms with van der Waals surface area (Å²) in [6.07, 6.45) is -0.902. The molecule has 0 fully saturated rings. The van der Waals surface area contributed by atoms with Crippen molar-refractivity contribution in [2.75, 3.05) is 0 Å². The second kappa shape index (κ2) is 5.82. The van der Waals surface area contributed by atoms with Gasteiger partial charge in [0.2, 0.25) is 0 Å². The molecule has 3 aromatic carbocycles. The standard InChI is InChI=1S/C19H17NO3/c1-12-7-10-15(11-17(12)20(22)23)19(21)18-13(2)8-9-14-5-3-4-6-16(14)18/h3-11,19,21H,1-2H3. The average molecular weight is 307 g/mol. The summed E-state index contributed by atoms with van der Waals surface area (Å²) in [5.74, 6) is 0. The van der Waals surface area contributed by atoms with Crippen LogP contribution in [0.4, 0.5) is 5.69 Å². The summed E-state index contributed by atoms with van der Waals surface area (Å²) in [5, 5.41) is 24.0. The van der Waals surface area contributed by atoms with Crippen LogP contribution >= 0.6 is 0 Å². The molecule has 1 N–H and O–H groups in total. The molecule has 1 unspecified atom stereocenters. The first-order chi connectivity index (χ1) is 11.0. The number of rotatable bonds is 3. The quantitative estimate of drug-likeness (QED) is 0.574. The predicted molar refractivity (Wildman–Crippen MR) is 90.6 cm³/mol. The number of aliphatic hydroxyl groups is 1. The van der Waals surface area contributed by atoms with E-state index in [1.807, 2.05) is 43.3 Å². The summed E-state index contributed by atoms with van der Waals surface area (Å²) in [5.41, 5.74) is 2.89. The molecule has 0 radical (unpaired) electrons. The molecule has 0 bridgehead atoms. The summed E-state index contributed by atoms with van der Waals surface area (Å²) in [6.45, 7) is 3.63. The van der Waals surface area contributed by atoms with Gasteiger partial charge >= 0.3 is 0 Å². The van der Waals surface area contributed by atoms with Crippen molar-refractivity contribution in [1.82, 2.24) is 0 Å². The zero-order valence-electron chi connectivity index (χ0n) is 13.0. The van der Waals surface area contributed by atoms with E-state index in [1.165, 1.54) is 6.07 Å². The highest BCUT2D eigenvalue weighted by Crippen LogP contribution is 2.33. The minimum atomic E-state index is -0.902. The Kier molecular flexibility index (Phi) is 3.84. The average Bonchev–Trinajstić information content (AvgIpc) is 2.54. The lowest BCUT2D eigenvalue weighted by molar-refractivity contribution is -0.385. The molecule has 4 nitrogen and oxygen atoms in total. The number of nitrogens with zero attached hydrogens (tertiary/aromatic N) is 1. The number of nitro benzene ring substituents is 1. The largest absolute Gasteiger partial charge is 0.384 e. The Balaban J connectivity index is 2.18. The summed E-state index contributed by atoms with van der Waals surface area (Å²) in [7, 11) is 0. The Morgan fingerprint density at radius 1 is 1.00 bits per heavy atom. The second-order valence-corrected chi connectivity index (χ2v) is 5.72. The van der Waals surface area contributed by atoms with Crippen molar-refractivity contribution in [2.45, 2.75) is 20.0 Å². The van der Waals surface area contributed by atoms with Gasteiger partial charge in [-0.1, -0.05) is 48.5 Å². The van der Waals surface area contributed by atoms with Crippen LogP contribution in [0.1, 0.15) is 28.4 Å². The van der Waals surface area contributed by atoms with Crippen LogP contribution in [-0.4, -0.2) is 10.0 Å². The predicted octanol–water partition coefficient (Wildman–Crippen LogP) is 4.45. The summed E-state index contributed by atoms with van der Waals surface area (Å²) in [4.78, 5) is 10.7. The fourth-order valence-electron chi connectivity index (χ4n) is 2.93. The molecule has 0 aliphatic rings. The minimum absolute atomic E-state index is 0.0273. The number of benzene rings is 3. The van der Waals surface area contributed by atoms with Gasteiger partial charge < -0.3 is 5.11 Å². The van der Waals surface area contributed by atoms with Crippen LogP contribution in [0.15, 0.2) is 54.6 Å². The van der Waals surface area contributed by atoms with Crippen LogP contribution in [0.2, 0.25) is 0 Å². The first-order valence-electron chi connectivity index (χ1n) is 7.40. The Bertz CT molecular complexity index is 902. The van der Waals surface area contributed by atoms with Gasteiger partial charge in [-0.05, 0) is 41.3 Å². The van der Waals surface area contributed by atoms with Gasteiger partial charge in [-0.15, -0.1) is 0 Å². The van der Waals surface area contributed by atoms with Gasteiger partial charge in [0, 0.05) is 11.6 Å². The van der Waals surface area contributed by atoms with E-state index in [9.17, 15) is 15.2 Å². The van der Waals surface area contributed by atoms with Crippen LogP contribution in [-0.2, 0) is 0 Å². The molecule has 116 valence electrons. The van der Waals surface area contributed by atoms with E-state index in [4.69, 9.17) is 0 Å². The van der Waals surface area contributed by atoms with Crippen LogP contribution in [0.3, 0.4) is 0 Å². The Morgan fingerprint density at radius 2 is 1.70 bits per heavy atom. The first kappa shape index (κ1) is 15.2. The third kappa shape index (κ3) is 2.69. The zero-order valence-corrected chi connectivity index (χ0v) is 13.0. The van der Waals surface area contributed by atoms with E-state index in [0.717, 1.165) is 21.9 Å². The zero-order chi connectivity index (χ0) is 16.6. The summed E-state index contributed by atoms with van der Waals surface area (Å²) in [6, 6.07) is 16.7. The van der Waals surface area contributed by atoms with Crippen molar-refractivity contribution in [3.63, 3.8) is 0 Å². The number of aryl methyl sites for hydroxylation is 2. The normalized spacial score (nSPS) is 12.3. The molecule has 0 saturated heterocycles. The number of aliphatic hydroxyl groups excluding tert-OH is 1. The molecule has 0 spiro atoms. The third-order valence-electron chi connectivity index (χ3n) is 4.21. The summed E-state index contributed by atoms with van der Waals surface area (Å²) < 4.78 is 0. The van der Waals surface area contributed by atoms with E-state index in [2.05, 4.69) is 0 Å². The van der Waals surface area contributed by atoms with Crippen molar-refractivity contribution >= 4 is 16.5 Å². The van der Waals surface area contributed by atoms with E-state index in [0.29, 0.717) is 11.1 Å². The van der Waals surface area contributed by atoms with Crippen molar-refractivity contribution in [1.29, 1.82) is 0 Å². The number of hydrogen-bond acceptors (Lipinski definition) is 3. The number of nitro groups is 1. The fraction of sp³-hybridized carbons (Fsp3) is 0.158. The van der Waals surface area contributed by atoms with Crippen molar-refractivity contribution in [3.8, 4) is 0 Å². The van der Waals surface area contributed by atoms with Gasteiger partial charge in [0.05, 0.1) is 4.92 Å². The molecular weight excluding hydrogens is 290 g/mol. The molecule has 1 atom stereocenters. The Hall–Kier alpha value is -2.72. The lowest BCUT2D eigenvalue weighted by Crippen LogP contribution is -2.04. The number of fused-ring (bicyclic) bond motifs is 1. The molecular formula is C19H17NO3. The van der Waals surface area contributed by atoms with Crippen LogP contribution in [0.5, 0.6) is 0 Å². The van der Waals surface area contributed by atoms with Gasteiger partial charge in [0.15, 0.2) is 0 Å². The van der Waals surface area contributed by atoms with Gasteiger partial charge in [-0.2, -0.15) is 0 Å². The van der Waals surface area contributed by atoms with E-state index in [1.54, 1.807) is 19.1 Å². The van der Waals surface area contributed by atoms with Crippen LogP contribution in [0.25, 0.3) is 10.8 Å². The Labute approximate surface area is 134 Å². The smallest absolute Gasteiger partial charge is 0.272 e. The van der Waals surface area contributed by atoms with Crippen LogP contribution < -0.4 is 0 Å².